The van der Waals surface area contributed by atoms with Crippen LogP contribution in [0.15, 0.2) is 82.8 Å². The number of morpholine rings is 1. The average Bonchev–Trinajstić information content (AvgIpc) is 3.33. The molecule has 2 heterocycles. The maximum atomic E-state index is 13.9. The first-order valence-electron chi connectivity index (χ1n) is 16.0. The highest BCUT2D eigenvalue weighted by molar-refractivity contribution is 8.00. The van der Waals surface area contributed by atoms with Crippen LogP contribution in [0.4, 0.5) is 18.9 Å². The monoisotopic (exact) mass is 733 g/mol. The second-order valence-corrected chi connectivity index (χ2v) is 15.4. The van der Waals surface area contributed by atoms with Gasteiger partial charge in [-0.25, -0.2) is 8.42 Å². The molecule has 6 rings (SSSR count). The smallest absolute Gasteiger partial charge is 0.379 e. The highest BCUT2D eigenvalue weighted by atomic mass is 35.5. The van der Waals surface area contributed by atoms with E-state index in [1.165, 1.54) is 4.31 Å². The van der Waals surface area contributed by atoms with E-state index in [0.29, 0.717) is 35.3 Å². The van der Waals surface area contributed by atoms with Gasteiger partial charge in [0.15, 0.2) is 11.0 Å². The fraction of sp³-hybridized carbons (Fsp3) is 0.382. The molecule has 4 aromatic rings. The number of thioether (sulfide) groups is 1. The maximum absolute atomic E-state index is 13.9. The zero-order chi connectivity index (χ0) is 34.6. The number of anilines is 1. The predicted molar refractivity (Wildman–Crippen MR) is 182 cm³/mol. The van der Waals surface area contributed by atoms with Gasteiger partial charge in [-0.05, 0) is 48.7 Å². The van der Waals surface area contributed by atoms with Gasteiger partial charge in [-0.15, -0.1) is 10.2 Å². The third-order valence-corrected chi connectivity index (χ3v) is 12.1. The summed E-state index contributed by atoms with van der Waals surface area (Å²) in [4.78, 5) is 14.1. The minimum atomic E-state index is -4.62. The second kappa shape index (κ2) is 15.2. The molecule has 260 valence electrons. The van der Waals surface area contributed by atoms with E-state index in [1.807, 2.05) is 4.57 Å². The summed E-state index contributed by atoms with van der Waals surface area (Å²) >= 11 is 7.37. The Morgan fingerprint density at radius 2 is 1.65 bits per heavy atom. The predicted octanol–water partition coefficient (Wildman–Crippen LogP) is 8.01. The molecule has 1 aliphatic heterocycles. The molecule has 2 aliphatic rings. The van der Waals surface area contributed by atoms with Crippen molar-refractivity contribution in [1.29, 1.82) is 0 Å². The maximum Gasteiger partial charge on any atom is 0.416 e. The molecule has 0 radical (unpaired) electrons. The number of ether oxygens (including phenoxy) is 1. The van der Waals surface area contributed by atoms with Crippen LogP contribution in [0.5, 0.6) is 0 Å². The van der Waals surface area contributed by atoms with Gasteiger partial charge in [-0.2, -0.15) is 17.5 Å². The summed E-state index contributed by atoms with van der Waals surface area (Å²) in [5, 5.41) is 11.2. The summed E-state index contributed by atoms with van der Waals surface area (Å²) in [5.41, 5.74) is 0.0667. The largest absolute Gasteiger partial charge is 0.416 e. The summed E-state index contributed by atoms with van der Waals surface area (Å²) in [5.74, 6) is -0.116. The van der Waals surface area contributed by atoms with E-state index in [4.69, 9.17) is 16.3 Å². The molecular weight excluding hydrogens is 699 g/mol. The first-order chi connectivity index (χ1) is 23.5. The van der Waals surface area contributed by atoms with E-state index in [2.05, 4.69) is 15.5 Å². The Hall–Kier alpha value is -3.43. The molecule has 1 aliphatic carbocycles. The molecule has 49 heavy (non-hydrogen) atoms. The number of alkyl halides is 3. The molecule has 0 spiro atoms. The lowest BCUT2D eigenvalue weighted by molar-refractivity contribution is -0.137. The summed E-state index contributed by atoms with van der Waals surface area (Å²) in [7, 11) is -3.78. The van der Waals surface area contributed by atoms with E-state index in [9.17, 15) is 26.4 Å². The Morgan fingerprint density at radius 3 is 2.35 bits per heavy atom. The Bertz CT molecular complexity index is 1880. The van der Waals surface area contributed by atoms with Crippen LogP contribution in [-0.4, -0.2) is 59.7 Å². The van der Waals surface area contributed by atoms with E-state index >= 15 is 0 Å². The fourth-order valence-corrected chi connectivity index (χ4v) is 8.86. The highest BCUT2D eigenvalue weighted by Crippen LogP contribution is 2.42. The number of carbonyl (C=O) groups is 1. The molecule has 1 N–H and O–H groups in total. The van der Waals surface area contributed by atoms with Crippen molar-refractivity contribution >= 4 is 45.0 Å². The van der Waals surface area contributed by atoms with E-state index in [1.54, 1.807) is 54.6 Å². The fourth-order valence-electron chi connectivity index (χ4n) is 6.13. The molecule has 2 fully saturated rings. The van der Waals surface area contributed by atoms with Crippen molar-refractivity contribution < 1.29 is 31.1 Å². The number of amides is 1. The Morgan fingerprint density at radius 1 is 0.939 bits per heavy atom. The Kier molecular flexibility index (Phi) is 11.0. The van der Waals surface area contributed by atoms with Gasteiger partial charge in [0.1, 0.15) is 5.25 Å². The molecule has 1 amide bonds. The minimum absolute atomic E-state index is 0.0214. The molecule has 1 saturated heterocycles. The number of hydrogen-bond acceptors (Lipinski definition) is 7. The van der Waals surface area contributed by atoms with Crippen LogP contribution in [0.3, 0.4) is 0 Å². The molecule has 1 aromatic heterocycles. The summed E-state index contributed by atoms with van der Waals surface area (Å²) in [6, 6.07) is 18.3. The van der Waals surface area contributed by atoms with E-state index < -0.39 is 32.9 Å². The van der Waals surface area contributed by atoms with Gasteiger partial charge in [-0.1, -0.05) is 91.5 Å². The summed E-state index contributed by atoms with van der Waals surface area (Å²) in [6.07, 6.45) is 1.18. The number of nitrogens with zero attached hydrogens (tertiary/aromatic N) is 4. The Balaban J connectivity index is 1.38. The first kappa shape index (κ1) is 35.4. The van der Waals surface area contributed by atoms with Crippen molar-refractivity contribution in [2.24, 2.45) is 0 Å². The number of hydrogen-bond donors (Lipinski definition) is 1. The van der Waals surface area contributed by atoms with Crippen molar-refractivity contribution in [2.45, 2.75) is 66.0 Å². The van der Waals surface area contributed by atoms with Crippen LogP contribution in [0, 0.1) is 0 Å². The molecule has 3 aromatic carbocycles. The van der Waals surface area contributed by atoms with Crippen LogP contribution in [0.25, 0.3) is 11.4 Å². The van der Waals surface area contributed by atoms with E-state index in [-0.39, 0.29) is 34.7 Å². The molecule has 15 heteroatoms. The number of benzene rings is 3. The van der Waals surface area contributed by atoms with Gasteiger partial charge in [0.05, 0.1) is 34.4 Å². The first-order valence-corrected chi connectivity index (χ1v) is 18.7. The third kappa shape index (κ3) is 8.15. The normalized spacial score (nSPS) is 17.4. The van der Waals surface area contributed by atoms with Gasteiger partial charge >= 0.3 is 6.18 Å². The van der Waals surface area contributed by atoms with Crippen molar-refractivity contribution in [2.75, 3.05) is 31.6 Å². The van der Waals surface area contributed by atoms with Gasteiger partial charge in [-0.3, -0.25) is 9.36 Å². The molecular formula is C34H35ClF3N5O4S2. The van der Waals surface area contributed by atoms with Crippen molar-refractivity contribution in [3.63, 3.8) is 0 Å². The van der Waals surface area contributed by atoms with Crippen LogP contribution < -0.4 is 5.32 Å². The van der Waals surface area contributed by atoms with Crippen LogP contribution in [0.1, 0.15) is 60.9 Å². The second-order valence-electron chi connectivity index (χ2n) is 12.0. The molecule has 0 bridgehead atoms. The number of rotatable bonds is 9. The zero-order valence-electron chi connectivity index (χ0n) is 26.4. The molecule has 1 saturated carbocycles. The summed E-state index contributed by atoms with van der Waals surface area (Å²) < 4.78 is 76.4. The third-order valence-electron chi connectivity index (χ3n) is 8.67. The van der Waals surface area contributed by atoms with Gasteiger partial charge in [0.2, 0.25) is 15.9 Å². The average molecular weight is 734 g/mol. The van der Waals surface area contributed by atoms with Crippen molar-refractivity contribution in [3.05, 3.63) is 88.9 Å². The number of carbonyl (C=O) groups excluding carboxylic acids is 1. The topological polar surface area (TPSA) is 106 Å². The van der Waals surface area contributed by atoms with Gasteiger partial charge in [0.25, 0.3) is 0 Å². The summed E-state index contributed by atoms with van der Waals surface area (Å²) in [6.45, 7) is 1.18. The minimum Gasteiger partial charge on any atom is -0.379 e. The van der Waals surface area contributed by atoms with Crippen molar-refractivity contribution in [1.82, 2.24) is 19.1 Å². The van der Waals surface area contributed by atoms with Crippen molar-refractivity contribution in [3.8, 4) is 11.4 Å². The van der Waals surface area contributed by atoms with Gasteiger partial charge in [0, 0.05) is 24.7 Å². The quantitative estimate of drug-likeness (QED) is 0.137. The lowest BCUT2D eigenvalue weighted by Crippen LogP contribution is -2.40. The molecule has 1 atom stereocenters. The SMILES string of the molecule is O=C(Nc1cc(C(F)(F)F)ccc1Cl)[C@H](Sc1nnc(-c2cccc(S(=O)(=O)N3CCOCC3)c2)n1C1CCCCCC1)c1ccccc1. The van der Waals surface area contributed by atoms with Crippen LogP contribution >= 0.6 is 23.4 Å². The Labute approximate surface area is 292 Å². The molecule has 9 nitrogen and oxygen atoms in total. The van der Waals surface area contributed by atoms with E-state index in [0.717, 1.165) is 68.5 Å². The van der Waals surface area contributed by atoms with Crippen LogP contribution in [-0.2, 0) is 25.7 Å². The zero-order valence-corrected chi connectivity index (χ0v) is 28.8. The lowest BCUT2D eigenvalue weighted by Gasteiger charge is -2.26. The standard InChI is InChI=1S/C34H35ClF3N5O4S2/c35-28-16-15-25(34(36,37)38)22-29(28)39-32(44)30(23-9-4-3-5-10-23)48-33-41-40-31(43(33)26-12-6-1-2-7-13-26)24-11-8-14-27(21-24)49(45,46)42-17-19-47-20-18-42/h3-5,8-11,14-16,21-22,26,30H,1-2,6-7,12-13,17-20H2,(H,39,44)/t30-/m1/s1. The number of aromatic nitrogens is 3. The number of nitrogens with one attached hydrogen (secondary N) is 1. The van der Waals surface area contributed by atoms with Gasteiger partial charge < -0.3 is 10.1 Å². The number of halogens is 4. The highest BCUT2D eigenvalue weighted by Gasteiger charge is 2.33. The number of sulfonamides is 1. The lowest BCUT2D eigenvalue weighted by atomic mass is 10.1. The van der Waals surface area contributed by atoms with Crippen LogP contribution in [0.2, 0.25) is 5.02 Å². The molecule has 0 unspecified atom stereocenters.